The number of rotatable bonds is 5. The normalized spacial score (nSPS) is 20.1. The lowest BCUT2D eigenvalue weighted by atomic mass is 10.1. The van der Waals surface area contributed by atoms with Crippen LogP contribution in [0.2, 0.25) is 0 Å². The molecule has 0 aliphatic carbocycles. The van der Waals surface area contributed by atoms with E-state index in [1.165, 1.54) is 12.8 Å². The zero-order valence-corrected chi connectivity index (χ0v) is 12.1. The largest absolute Gasteiger partial charge is 0.508 e. The van der Waals surface area contributed by atoms with Crippen LogP contribution in [0.15, 0.2) is 18.2 Å². The molecule has 1 aromatic carbocycles. The highest BCUT2D eigenvalue weighted by Crippen LogP contribution is 2.27. The van der Waals surface area contributed by atoms with Crippen LogP contribution in [0.5, 0.6) is 11.5 Å². The van der Waals surface area contributed by atoms with Crippen molar-refractivity contribution >= 4 is 0 Å². The summed E-state index contributed by atoms with van der Waals surface area (Å²) in [6.45, 7) is 2.97. The second kappa shape index (κ2) is 6.26. The Hall–Kier alpha value is -1.26. The number of likely N-dealkylation sites (N-methyl/N-ethyl adjacent to an activating group) is 1. The van der Waals surface area contributed by atoms with Crippen molar-refractivity contribution in [3.63, 3.8) is 0 Å². The van der Waals surface area contributed by atoms with Gasteiger partial charge >= 0.3 is 0 Å². The second-order valence-corrected chi connectivity index (χ2v) is 5.52. The predicted molar refractivity (Wildman–Crippen MR) is 76.6 cm³/mol. The summed E-state index contributed by atoms with van der Waals surface area (Å²) in [5.74, 6) is 1.16. The van der Waals surface area contributed by atoms with E-state index in [9.17, 15) is 5.11 Å². The van der Waals surface area contributed by atoms with Gasteiger partial charge in [0, 0.05) is 24.7 Å². The van der Waals surface area contributed by atoms with Crippen molar-refractivity contribution in [2.24, 2.45) is 0 Å². The van der Waals surface area contributed by atoms with E-state index in [4.69, 9.17) is 4.74 Å². The van der Waals surface area contributed by atoms with Crippen molar-refractivity contribution in [2.75, 3.05) is 34.3 Å². The van der Waals surface area contributed by atoms with Gasteiger partial charge in [-0.15, -0.1) is 0 Å². The van der Waals surface area contributed by atoms with Crippen molar-refractivity contribution in [3.8, 4) is 11.5 Å². The molecule has 1 unspecified atom stereocenters. The van der Waals surface area contributed by atoms with Gasteiger partial charge < -0.3 is 14.7 Å². The summed E-state index contributed by atoms with van der Waals surface area (Å²) < 4.78 is 5.23. The number of phenols is 1. The zero-order valence-electron chi connectivity index (χ0n) is 12.1. The van der Waals surface area contributed by atoms with Crippen molar-refractivity contribution in [3.05, 3.63) is 23.8 Å². The Labute approximate surface area is 115 Å². The average molecular weight is 264 g/mol. The Morgan fingerprint density at radius 1 is 1.42 bits per heavy atom. The maximum Gasteiger partial charge on any atom is 0.120 e. The number of benzene rings is 1. The standard InChI is InChI=1S/C15H24N2O2/c1-16(2)11-13-5-4-8-17(13)10-12-9-14(19-3)6-7-15(12)18/h6-7,9,13,18H,4-5,8,10-11H2,1-3H3. The lowest BCUT2D eigenvalue weighted by molar-refractivity contribution is 0.199. The van der Waals surface area contributed by atoms with Crippen molar-refractivity contribution in [1.29, 1.82) is 0 Å². The van der Waals surface area contributed by atoms with Gasteiger partial charge in [-0.05, 0) is 51.7 Å². The third-order valence-electron chi connectivity index (χ3n) is 3.74. The summed E-state index contributed by atoms with van der Waals surface area (Å²) >= 11 is 0. The van der Waals surface area contributed by atoms with Gasteiger partial charge in [0.05, 0.1) is 7.11 Å². The smallest absolute Gasteiger partial charge is 0.120 e. The van der Waals surface area contributed by atoms with E-state index >= 15 is 0 Å². The predicted octanol–water partition coefficient (Wildman–Crippen LogP) is 1.93. The minimum absolute atomic E-state index is 0.358. The van der Waals surface area contributed by atoms with Gasteiger partial charge in [-0.2, -0.15) is 0 Å². The van der Waals surface area contributed by atoms with E-state index in [0.29, 0.717) is 11.8 Å². The minimum atomic E-state index is 0.358. The van der Waals surface area contributed by atoms with Crippen LogP contribution in [0.4, 0.5) is 0 Å². The molecule has 106 valence electrons. The molecule has 1 fully saturated rings. The third-order valence-corrected chi connectivity index (χ3v) is 3.74. The van der Waals surface area contributed by atoms with Crippen molar-refractivity contribution in [2.45, 2.75) is 25.4 Å². The number of ether oxygens (including phenoxy) is 1. The van der Waals surface area contributed by atoms with Gasteiger partial charge in [0.15, 0.2) is 0 Å². The molecule has 4 nitrogen and oxygen atoms in total. The van der Waals surface area contributed by atoms with E-state index in [1.807, 2.05) is 6.07 Å². The number of methoxy groups -OCH3 is 1. The number of aromatic hydroxyl groups is 1. The topological polar surface area (TPSA) is 35.9 Å². The fourth-order valence-corrected chi connectivity index (χ4v) is 2.77. The fraction of sp³-hybridized carbons (Fsp3) is 0.600. The number of likely N-dealkylation sites (tertiary alicyclic amines) is 1. The molecule has 0 aromatic heterocycles. The van der Waals surface area contributed by atoms with E-state index in [-0.39, 0.29) is 0 Å². The van der Waals surface area contributed by atoms with Crippen LogP contribution in [0.1, 0.15) is 18.4 Å². The monoisotopic (exact) mass is 264 g/mol. The third kappa shape index (κ3) is 3.61. The van der Waals surface area contributed by atoms with Gasteiger partial charge in [-0.1, -0.05) is 0 Å². The van der Waals surface area contributed by atoms with Crippen LogP contribution >= 0.6 is 0 Å². The molecular formula is C15H24N2O2. The number of hydrogen-bond donors (Lipinski definition) is 1. The van der Waals surface area contributed by atoms with E-state index in [0.717, 1.165) is 30.9 Å². The van der Waals surface area contributed by atoms with E-state index in [1.54, 1.807) is 19.2 Å². The molecule has 1 N–H and O–H groups in total. The molecular weight excluding hydrogens is 240 g/mol. The van der Waals surface area contributed by atoms with Crippen LogP contribution in [0.3, 0.4) is 0 Å². The summed E-state index contributed by atoms with van der Waals surface area (Å²) in [7, 11) is 5.87. The van der Waals surface area contributed by atoms with E-state index in [2.05, 4.69) is 23.9 Å². The first-order valence-electron chi connectivity index (χ1n) is 6.85. The minimum Gasteiger partial charge on any atom is -0.508 e. The highest BCUT2D eigenvalue weighted by atomic mass is 16.5. The highest BCUT2D eigenvalue weighted by Gasteiger charge is 2.25. The number of nitrogens with zero attached hydrogens (tertiary/aromatic N) is 2. The lowest BCUT2D eigenvalue weighted by Crippen LogP contribution is -2.37. The van der Waals surface area contributed by atoms with Crippen LogP contribution in [-0.4, -0.2) is 55.2 Å². The summed E-state index contributed by atoms with van der Waals surface area (Å²) in [6.07, 6.45) is 2.48. The molecule has 19 heavy (non-hydrogen) atoms. The van der Waals surface area contributed by atoms with Gasteiger partial charge in [-0.25, -0.2) is 0 Å². The molecule has 0 radical (unpaired) electrons. The molecule has 0 amide bonds. The van der Waals surface area contributed by atoms with Gasteiger partial charge in [0.2, 0.25) is 0 Å². The molecule has 1 heterocycles. The second-order valence-electron chi connectivity index (χ2n) is 5.52. The lowest BCUT2D eigenvalue weighted by Gasteiger charge is -2.27. The Kier molecular flexibility index (Phi) is 4.66. The summed E-state index contributed by atoms with van der Waals surface area (Å²) in [5.41, 5.74) is 0.949. The first-order valence-corrected chi connectivity index (χ1v) is 6.85. The first kappa shape index (κ1) is 14.2. The zero-order chi connectivity index (χ0) is 13.8. The Balaban J connectivity index is 2.07. The first-order chi connectivity index (χ1) is 9.10. The molecule has 1 saturated heterocycles. The van der Waals surface area contributed by atoms with E-state index < -0.39 is 0 Å². The molecule has 1 aromatic rings. The fourth-order valence-electron chi connectivity index (χ4n) is 2.77. The van der Waals surface area contributed by atoms with Crippen molar-refractivity contribution < 1.29 is 9.84 Å². The summed E-state index contributed by atoms with van der Waals surface area (Å²) in [4.78, 5) is 4.68. The molecule has 0 bridgehead atoms. The van der Waals surface area contributed by atoms with Gasteiger partial charge in [-0.3, -0.25) is 4.90 Å². The molecule has 0 spiro atoms. The summed E-state index contributed by atoms with van der Waals surface area (Å²) in [6, 6.07) is 6.02. The molecule has 0 saturated carbocycles. The highest BCUT2D eigenvalue weighted by molar-refractivity contribution is 5.39. The van der Waals surface area contributed by atoms with Crippen LogP contribution in [0, 0.1) is 0 Å². The van der Waals surface area contributed by atoms with Crippen molar-refractivity contribution in [1.82, 2.24) is 9.80 Å². The summed E-state index contributed by atoms with van der Waals surface area (Å²) in [5, 5.41) is 9.97. The molecule has 2 rings (SSSR count). The maximum atomic E-state index is 9.97. The Morgan fingerprint density at radius 3 is 2.89 bits per heavy atom. The molecule has 1 aliphatic heterocycles. The Bertz CT molecular complexity index is 421. The maximum absolute atomic E-state index is 9.97. The van der Waals surface area contributed by atoms with Crippen LogP contribution in [-0.2, 0) is 6.54 Å². The SMILES string of the molecule is COc1ccc(O)c(CN2CCCC2CN(C)C)c1. The molecule has 1 atom stereocenters. The quantitative estimate of drug-likeness (QED) is 0.881. The molecule has 1 aliphatic rings. The van der Waals surface area contributed by atoms with Gasteiger partial charge in [0.1, 0.15) is 11.5 Å². The molecule has 4 heteroatoms. The average Bonchev–Trinajstić information content (AvgIpc) is 2.78. The van der Waals surface area contributed by atoms with Gasteiger partial charge in [0.25, 0.3) is 0 Å². The Morgan fingerprint density at radius 2 is 2.21 bits per heavy atom. The van der Waals surface area contributed by atoms with Crippen LogP contribution < -0.4 is 4.74 Å². The number of hydrogen-bond acceptors (Lipinski definition) is 4. The van der Waals surface area contributed by atoms with Crippen LogP contribution in [0.25, 0.3) is 0 Å². The number of phenolic OH excluding ortho intramolecular Hbond substituents is 1.